The molecule has 1 fully saturated rings. The zero-order valence-electron chi connectivity index (χ0n) is 15.7. The van der Waals surface area contributed by atoms with Crippen molar-refractivity contribution in [1.82, 2.24) is 4.90 Å². The molecule has 2 heterocycles. The van der Waals surface area contributed by atoms with Crippen LogP contribution in [0.15, 0.2) is 40.9 Å². The average molecular weight is 385 g/mol. The summed E-state index contributed by atoms with van der Waals surface area (Å²) in [6, 6.07) is 12.3. The van der Waals surface area contributed by atoms with Crippen LogP contribution in [-0.4, -0.2) is 47.0 Å². The topological polar surface area (TPSA) is 70.4 Å². The third-order valence-electron chi connectivity index (χ3n) is 4.89. The number of ketones is 1. The second-order valence-electron chi connectivity index (χ2n) is 6.65. The zero-order chi connectivity index (χ0) is 19.4. The van der Waals surface area contributed by atoms with E-state index in [9.17, 15) is 14.9 Å². The molecular weight excluding hydrogens is 360 g/mol. The lowest BCUT2D eigenvalue weighted by atomic mass is 9.94. The Labute approximate surface area is 162 Å². The summed E-state index contributed by atoms with van der Waals surface area (Å²) in [6.45, 7) is 5.10. The number of ether oxygens (including phenoxy) is 1. The summed E-state index contributed by atoms with van der Waals surface area (Å²) in [6.07, 6.45) is 2.12. The molecule has 2 aliphatic rings. The fraction of sp³-hybridized carbons (Fsp3) is 0.429. The first kappa shape index (κ1) is 19.4. The van der Waals surface area contributed by atoms with Gasteiger partial charge in [0.15, 0.2) is 5.78 Å². The SMILES string of the molecule is CCOC(=O)/C(C(C)=O)=S1\CC(c2ccccc2)C(C#N)=C1N1CCCC1. The number of hydrogen-bond acceptors (Lipinski definition) is 5. The molecule has 27 heavy (non-hydrogen) atoms. The van der Waals surface area contributed by atoms with E-state index < -0.39 is 16.5 Å². The van der Waals surface area contributed by atoms with E-state index in [1.807, 2.05) is 30.3 Å². The van der Waals surface area contributed by atoms with Crippen molar-refractivity contribution in [2.24, 2.45) is 0 Å². The molecule has 0 bridgehead atoms. The van der Waals surface area contributed by atoms with Crippen LogP contribution in [0.5, 0.6) is 0 Å². The molecule has 1 aromatic carbocycles. The first-order chi connectivity index (χ1) is 13.1. The van der Waals surface area contributed by atoms with Crippen LogP contribution in [0.2, 0.25) is 0 Å². The Kier molecular flexibility index (Phi) is 6.12. The molecule has 0 saturated carbocycles. The molecule has 0 N–H and O–H groups in total. The highest BCUT2D eigenvalue weighted by Crippen LogP contribution is 2.49. The number of esters is 1. The van der Waals surface area contributed by atoms with Gasteiger partial charge in [0, 0.05) is 24.8 Å². The monoisotopic (exact) mass is 384 g/mol. The molecule has 0 spiro atoms. The third-order valence-corrected chi connectivity index (χ3v) is 7.45. The molecule has 0 radical (unpaired) electrons. The predicted octanol–water partition coefficient (Wildman–Crippen LogP) is 3.21. The number of carbonyl (C=O) groups is 2. The zero-order valence-corrected chi connectivity index (χ0v) is 16.6. The van der Waals surface area contributed by atoms with Gasteiger partial charge in [-0.15, -0.1) is 10.5 Å². The Morgan fingerprint density at radius 2 is 1.93 bits per heavy atom. The standard InChI is InChI=1S/C21H24N2O3S/c1-3-26-21(25)19(15(2)24)27-14-18(16-9-5-4-6-10-16)17(13-22)20(27)23-11-7-8-12-23/h4-6,9-10,18H,3,7-8,11-12,14H2,1-2H3. The fourth-order valence-corrected chi connectivity index (χ4v) is 6.49. The summed E-state index contributed by atoms with van der Waals surface area (Å²) in [5.74, 6) is -0.332. The number of rotatable bonds is 5. The second kappa shape index (κ2) is 8.53. The summed E-state index contributed by atoms with van der Waals surface area (Å²) in [5, 5.41) is 10.8. The minimum absolute atomic E-state index is 0.0982. The molecule has 1 aromatic rings. The van der Waals surface area contributed by atoms with Gasteiger partial charge in [-0.2, -0.15) is 5.26 Å². The number of nitrogens with zero attached hydrogens (tertiary/aromatic N) is 2. The van der Waals surface area contributed by atoms with Crippen molar-refractivity contribution in [3.8, 4) is 6.07 Å². The number of benzene rings is 1. The molecule has 5 nitrogen and oxygen atoms in total. The van der Waals surface area contributed by atoms with Crippen molar-refractivity contribution in [2.45, 2.75) is 32.6 Å². The molecule has 2 atom stereocenters. The van der Waals surface area contributed by atoms with Crippen LogP contribution in [0.4, 0.5) is 0 Å². The Balaban J connectivity index is 2.19. The van der Waals surface area contributed by atoms with Gasteiger partial charge in [0.25, 0.3) is 0 Å². The van der Waals surface area contributed by atoms with Crippen LogP contribution < -0.4 is 0 Å². The highest BCUT2D eigenvalue weighted by molar-refractivity contribution is 8.21. The Morgan fingerprint density at radius 1 is 1.26 bits per heavy atom. The number of nitriles is 1. The third kappa shape index (κ3) is 3.84. The molecule has 0 aromatic heterocycles. The van der Waals surface area contributed by atoms with E-state index in [-0.39, 0.29) is 23.2 Å². The van der Waals surface area contributed by atoms with Gasteiger partial charge in [-0.1, -0.05) is 30.3 Å². The van der Waals surface area contributed by atoms with Gasteiger partial charge in [0.05, 0.1) is 23.3 Å². The average Bonchev–Trinajstić information content (AvgIpc) is 3.30. The van der Waals surface area contributed by atoms with Gasteiger partial charge in [0.2, 0.25) is 0 Å². The summed E-state index contributed by atoms with van der Waals surface area (Å²) in [4.78, 5) is 27.4. The molecule has 2 unspecified atom stereocenters. The van der Waals surface area contributed by atoms with Gasteiger partial charge in [-0.3, -0.25) is 4.79 Å². The quantitative estimate of drug-likeness (QED) is 0.443. The Morgan fingerprint density at radius 3 is 2.48 bits per heavy atom. The lowest BCUT2D eigenvalue weighted by molar-refractivity contribution is -0.135. The van der Waals surface area contributed by atoms with Crippen LogP contribution in [0.25, 0.3) is 0 Å². The van der Waals surface area contributed by atoms with Gasteiger partial charge < -0.3 is 9.64 Å². The molecule has 142 valence electrons. The summed E-state index contributed by atoms with van der Waals surface area (Å²) in [7, 11) is -0.739. The number of carbonyl (C=O) groups excluding carboxylic acids is 2. The van der Waals surface area contributed by atoms with Crippen LogP contribution in [0.1, 0.15) is 38.2 Å². The first-order valence-corrected chi connectivity index (χ1v) is 10.7. The maximum absolute atomic E-state index is 12.6. The van der Waals surface area contributed by atoms with Crippen LogP contribution in [0, 0.1) is 11.3 Å². The maximum atomic E-state index is 12.6. The second-order valence-corrected chi connectivity index (χ2v) is 8.56. The van der Waals surface area contributed by atoms with Gasteiger partial charge >= 0.3 is 5.97 Å². The highest BCUT2D eigenvalue weighted by Gasteiger charge is 2.38. The van der Waals surface area contributed by atoms with Crippen molar-refractivity contribution in [2.75, 3.05) is 25.4 Å². The number of allylic oxidation sites excluding steroid dienone is 1. The van der Waals surface area contributed by atoms with Crippen molar-refractivity contribution in [1.29, 1.82) is 5.26 Å². The number of hydrogen-bond donors (Lipinski definition) is 0. The number of Topliss-reactive ketones (excluding diaryl/α,β-unsaturated/α-hetero) is 1. The maximum Gasteiger partial charge on any atom is 0.347 e. The molecule has 0 aliphatic carbocycles. The smallest absolute Gasteiger partial charge is 0.347 e. The lowest BCUT2D eigenvalue weighted by Gasteiger charge is -2.23. The first-order valence-electron chi connectivity index (χ1n) is 9.28. The van der Waals surface area contributed by atoms with E-state index in [1.165, 1.54) is 6.92 Å². The largest absolute Gasteiger partial charge is 0.462 e. The van der Waals surface area contributed by atoms with E-state index >= 15 is 0 Å². The lowest BCUT2D eigenvalue weighted by Crippen LogP contribution is -2.27. The van der Waals surface area contributed by atoms with E-state index in [4.69, 9.17) is 4.74 Å². The van der Waals surface area contributed by atoms with Gasteiger partial charge in [-0.05, 0) is 32.3 Å². The molecule has 2 aliphatic heterocycles. The van der Waals surface area contributed by atoms with E-state index in [0.717, 1.165) is 36.5 Å². The normalized spacial score (nSPS) is 22.6. The minimum atomic E-state index is -0.739. The van der Waals surface area contributed by atoms with E-state index in [1.54, 1.807) is 6.92 Å². The van der Waals surface area contributed by atoms with Crippen LogP contribution in [-0.2, 0) is 14.3 Å². The Hall–Kier alpha value is -2.39. The molecule has 3 rings (SSSR count). The predicted molar refractivity (Wildman–Crippen MR) is 107 cm³/mol. The van der Waals surface area contributed by atoms with Gasteiger partial charge in [-0.25, -0.2) is 4.79 Å². The molecule has 0 amide bonds. The van der Waals surface area contributed by atoms with Crippen molar-refractivity contribution >= 4 is 27.1 Å². The molecule has 1 saturated heterocycles. The molecule has 6 heteroatoms. The summed E-state index contributed by atoms with van der Waals surface area (Å²) < 4.78 is 5.18. The molecular formula is C21H24N2O3S. The summed E-state index contributed by atoms with van der Waals surface area (Å²) in [5.41, 5.74) is 1.74. The van der Waals surface area contributed by atoms with Gasteiger partial charge in [0.1, 0.15) is 4.86 Å². The van der Waals surface area contributed by atoms with Crippen LogP contribution >= 0.6 is 10.5 Å². The van der Waals surface area contributed by atoms with Crippen molar-refractivity contribution < 1.29 is 14.3 Å². The van der Waals surface area contributed by atoms with E-state index in [0.29, 0.717) is 11.3 Å². The number of likely N-dealkylation sites (tertiary alicyclic amines) is 1. The van der Waals surface area contributed by atoms with Crippen molar-refractivity contribution in [3.63, 3.8) is 0 Å². The minimum Gasteiger partial charge on any atom is -0.462 e. The van der Waals surface area contributed by atoms with Crippen LogP contribution in [0.3, 0.4) is 0 Å². The Bertz CT molecular complexity index is 846. The fourth-order valence-electron chi connectivity index (χ4n) is 3.73. The summed E-state index contributed by atoms with van der Waals surface area (Å²) >= 11 is 0. The van der Waals surface area contributed by atoms with E-state index in [2.05, 4.69) is 11.0 Å². The van der Waals surface area contributed by atoms with Crippen molar-refractivity contribution in [3.05, 3.63) is 46.5 Å². The highest BCUT2D eigenvalue weighted by atomic mass is 32.2.